The molecule has 2 rings (SSSR count). The topological polar surface area (TPSA) is 34.9 Å². The second-order valence-corrected chi connectivity index (χ2v) is 3.79. The Morgan fingerprint density at radius 3 is 3.07 bits per heavy atom. The van der Waals surface area contributed by atoms with Gasteiger partial charge in [0.25, 0.3) is 5.56 Å². The zero-order valence-corrected chi connectivity index (χ0v) is 8.62. The molecule has 0 fully saturated rings. The number of nitrogens with zero attached hydrogens (tertiary/aromatic N) is 2. The number of aromatic nitrogens is 2. The largest absolute Gasteiger partial charge is 0.298 e. The zero-order valence-electron chi connectivity index (χ0n) is 7.80. The average molecular weight is 206 g/mol. The number of fused-ring (bicyclic) bond motifs is 1. The lowest BCUT2D eigenvalue weighted by Gasteiger charge is -2.06. The molecular formula is C10H10N2OS. The van der Waals surface area contributed by atoms with Crippen LogP contribution < -0.4 is 5.56 Å². The van der Waals surface area contributed by atoms with E-state index in [4.69, 9.17) is 0 Å². The number of hydrogen-bond acceptors (Lipinski definition) is 3. The Bertz CT molecular complexity index is 507. The maximum atomic E-state index is 11.6. The molecule has 0 spiro atoms. The average Bonchev–Trinajstić information content (AvgIpc) is 2.23. The summed E-state index contributed by atoms with van der Waals surface area (Å²) in [6.45, 7) is 0. The molecule has 72 valence electrons. The van der Waals surface area contributed by atoms with E-state index in [1.807, 2.05) is 18.4 Å². The van der Waals surface area contributed by atoms with Crippen molar-refractivity contribution in [1.82, 2.24) is 9.55 Å². The molecule has 0 N–H and O–H groups in total. The number of rotatable bonds is 2. The molecule has 4 heteroatoms. The van der Waals surface area contributed by atoms with Crippen LogP contribution in [0.15, 0.2) is 35.4 Å². The molecule has 2 aromatic heterocycles. The minimum Gasteiger partial charge on any atom is -0.298 e. The summed E-state index contributed by atoms with van der Waals surface area (Å²) >= 11 is 1.63. The van der Waals surface area contributed by atoms with Crippen molar-refractivity contribution in [2.45, 2.75) is 5.88 Å². The van der Waals surface area contributed by atoms with Gasteiger partial charge in [-0.1, -0.05) is 0 Å². The van der Waals surface area contributed by atoms with E-state index in [9.17, 15) is 4.79 Å². The zero-order chi connectivity index (χ0) is 9.97. The van der Waals surface area contributed by atoms with Gasteiger partial charge >= 0.3 is 0 Å². The van der Waals surface area contributed by atoms with Gasteiger partial charge in [-0.05, 0) is 18.4 Å². The molecule has 0 atom stereocenters. The molecule has 0 saturated heterocycles. The molecule has 0 aliphatic carbocycles. The smallest absolute Gasteiger partial charge is 0.251 e. The van der Waals surface area contributed by atoms with Crippen molar-refractivity contribution in [3.05, 3.63) is 40.9 Å². The summed E-state index contributed by atoms with van der Waals surface area (Å²) in [7, 11) is 0. The number of pyridine rings is 2. The van der Waals surface area contributed by atoms with E-state index in [1.54, 1.807) is 34.8 Å². The van der Waals surface area contributed by atoms with Gasteiger partial charge in [-0.3, -0.25) is 14.3 Å². The summed E-state index contributed by atoms with van der Waals surface area (Å²) in [5.74, 6) is 0.681. The molecule has 0 radical (unpaired) electrons. The molecule has 0 saturated carbocycles. The van der Waals surface area contributed by atoms with Crippen molar-refractivity contribution in [2.75, 3.05) is 6.26 Å². The quantitative estimate of drug-likeness (QED) is 0.750. The van der Waals surface area contributed by atoms with E-state index in [0.29, 0.717) is 5.88 Å². The monoisotopic (exact) mass is 206 g/mol. The normalized spacial score (nSPS) is 10.6. The molecule has 0 unspecified atom stereocenters. The molecule has 0 aliphatic rings. The summed E-state index contributed by atoms with van der Waals surface area (Å²) in [4.78, 5) is 15.6. The van der Waals surface area contributed by atoms with Gasteiger partial charge in [0.15, 0.2) is 0 Å². The first kappa shape index (κ1) is 9.27. The van der Waals surface area contributed by atoms with Crippen LogP contribution in [0.1, 0.15) is 0 Å². The van der Waals surface area contributed by atoms with Crippen LogP contribution in [0.3, 0.4) is 0 Å². The van der Waals surface area contributed by atoms with Gasteiger partial charge in [-0.15, -0.1) is 11.8 Å². The maximum absolute atomic E-state index is 11.6. The standard InChI is InChI=1S/C10H10N2OS/c1-14-7-12-9-4-5-11-6-8(9)2-3-10(12)13/h2-6H,7H2,1H3. The Hall–Kier alpha value is -1.29. The van der Waals surface area contributed by atoms with Gasteiger partial charge in [0.05, 0.1) is 11.4 Å². The van der Waals surface area contributed by atoms with Crippen LogP contribution >= 0.6 is 11.8 Å². The third-order valence-corrected chi connectivity index (χ3v) is 2.56. The second kappa shape index (κ2) is 3.84. The first-order chi connectivity index (χ1) is 6.83. The predicted octanol–water partition coefficient (Wildman–Crippen LogP) is 1.72. The lowest BCUT2D eigenvalue weighted by Crippen LogP contribution is -2.17. The van der Waals surface area contributed by atoms with Gasteiger partial charge in [0.1, 0.15) is 0 Å². The van der Waals surface area contributed by atoms with Crippen LogP contribution in [0, 0.1) is 0 Å². The van der Waals surface area contributed by atoms with Gasteiger partial charge in [0.2, 0.25) is 0 Å². The summed E-state index contributed by atoms with van der Waals surface area (Å²) in [6, 6.07) is 5.26. The van der Waals surface area contributed by atoms with E-state index >= 15 is 0 Å². The first-order valence-corrected chi connectivity index (χ1v) is 5.65. The van der Waals surface area contributed by atoms with Crippen LogP contribution in [-0.4, -0.2) is 15.8 Å². The minimum absolute atomic E-state index is 0.0399. The van der Waals surface area contributed by atoms with Crippen LogP contribution in [0.4, 0.5) is 0 Å². The highest BCUT2D eigenvalue weighted by atomic mass is 32.2. The molecule has 14 heavy (non-hydrogen) atoms. The molecule has 0 aliphatic heterocycles. The Balaban J connectivity index is 2.76. The fourth-order valence-corrected chi connectivity index (χ4v) is 1.93. The number of thioether (sulfide) groups is 1. The van der Waals surface area contributed by atoms with E-state index < -0.39 is 0 Å². The summed E-state index contributed by atoms with van der Waals surface area (Å²) < 4.78 is 1.75. The minimum atomic E-state index is 0.0399. The summed E-state index contributed by atoms with van der Waals surface area (Å²) in [5.41, 5.74) is 0.986. The Morgan fingerprint density at radius 2 is 2.29 bits per heavy atom. The Kier molecular flexibility index (Phi) is 2.54. The molecule has 2 aromatic rings. The third-order valence-electron chi connectivity index (χ3n) is 2.05. The summed E-state index contributed by atoms with van der Waals surface area (Å²) in [6.07, 6.45) is 5.46. The highest BCUT2D eigenvalue weighted by molar-refractivity contribution is 7.97. The molecule has 0 aromatic carbocycles. The lowest BCUT2D eigenvalue weighted by atomic mass is 10.3. The van der Waals surface area contributed by atoms with Gasteiger partial charge in [0, 0.05) is 23.8 Å². The highest BCUT2D eigenvalue weighted by Crippen LogP contribution is 2.11. The second-order valence-electron chi connectivity index (χ2n) is 2.95. The van der Waals surface area contributed by atoms with Crippen LogP contribution in [0.5, 0.6) is 0 Å². The Labute approximate surface area is 85.8 Å². The highest BCUT2D eigenvalue weighted by Gasteiger charge is 2.00. The van der Waals surface area contributed by atoms with Crippen molar-refractivity contribution in [3.63, 3.8) is 0 Å². The summed E-state index contributed by atoms with van der Waals surface area (Å²) in [5, 5.41) is 1.00. The van der Waals surface area contributed by atoms with Gasteiger partial charge in [-0.2, -0.15) is 0 Å². The fraction of sp³-hybridized carbons (Fsp3) is 0.200. The van der Waals surface area contributed by atoms with Gasteiger partial charge < -0.3 is 0 Å². The predicted molar refractivity (Wildman–Crippen MR) is 59.5 cm³/mol. The Morgan fingerprint density at radius 1 is 1.43 bits per heavy atom. The molecule has 3 nitrogen and oxygen atoms in total. The molecule has 0 amide bonds. The van der Waals surface area contributed by atoms with Gasteiger partial charge in [-0.25, -0.2) is 0 Å². The van der Waals surface area contributed by atoms with Crippen molar-refractivity contribution in [3.8, 4) is 0 Å². The fourth-order valence-electron chi connectivity index (χ4n) is 1.41. The van der Waals surface area contributed by atoms with E-state index in [2.05, 4.69) is 4.98 Å². The van der Waals surface area contributed by atoms with E-state index in [0.717, 1.165) is 10.9 Å². The van der Waals surface area contributed by atoms with E-state index in [-0.39, 0.29) is 5.56 Å². The molecule has 2 heterocycles. The van der Waals surface area contributed by atoms with Crippen molar-refractivity contribution in [2.24, 2.45) is 0 Å². The van der Waals surface area contributed by atoms with Crippen molar-refractivity contribution < 1.29 is 0 Å². The SMILES string of the molecule is CSCn1c(=O)ccc2cnccc21. The number of hydrogen-bond donors (Lipinski definition) is 0. The molecular weight excluding hydrogens is 196 g/mol. The van der Waals surface area contributed by atoms with Crippen molar-refractivity contribution in [1.29, 1.82) is 0 Å². The van der Waals surface area contributed by atoms with E-state index in [1.165, 1.54) is 0 Å². The van der Waals surface area contributed by atoms with Crippen LogP contribution in [-0.2, 0) is 5.88 Å². The first-order valence-electron chi connectivity index (χ1n) is 4.25. The maximum Gasteiger partial charge on any atom is 0.251 e. The van der Waals surface area contributed by atoms with Crippen LogP contribution in [0.25, 0.3) is 10.9 Å². The van der Waals surface area contributed by atoms with Crippen molar-refractivity contribution >= 4 is 22.7 Å². The van der Waals surface area contributed by atoms with Crippen LogP contribution in [0.2, 0.25) is 0 Å². The third kappa shape index (κ3) is 1.53. The lowest BCUT2D eigenvalue weighted by molar-refractivity contribution is 0.884. The molecule has 0 bridgehead atoms.